The Hall–Kier alpha value is -1.05. The van der Waals surface area contributed by atoms with Gasteiger partial charge >= 0.3 is 0 Å². The maximum absolute atomic E-state index is 12.7. The van der Waals surface area contributed by atoms with E-state index in [0.717, 1.165) is 37.2 Å². The molecule has 0 aliphatic carbocycles. The zero-order valence-electron chi connectivity index (χ0n) is 14.5. The molecule has 1 N–H and O–H groups in total. The van der Waals surface area contributed by atoms with Crippen molar-refractivity contribution in [2.24, 2.45) is 5.92 Å². The second-order valence-electron chi connectivity index (χ2n) is 6.44. The number of hydrogen-bond donors (Lipinski definition) is 1. The van der Waals surface area contributed by atoms with E-state index in [-0.39, 0.29) is 10.8 Å². The highest BCUT2D eigenvalue weighted by atomic mass is 32.2. The SMILES string of the molecule is CSc1ccc(S(=O)(=O)NCCC(C)C)cc1C(=O)N1CCCC1. The summed E-state index contributed by atoms with van der Waals surface area (Å²) in [5, 5.41) is 0. The molecule has 1 heterocycles. The van der Waals surface area contributed by atoms with E-state index in [1.165, 1.54) is 17.8 Å². The van der Waals surface area contributed by atoms with E-state index in [1.807, 2.05) is 20.1 Å². The molecule has 0 atom stereocenters. The molecule has 0 spiro atoms. The van der Waals surface area contributed by atoms with Gasteiger partial charge in [-0.25, -0.2) is 13.1 Å². The number of amides is 1. The third kappa shape index (κ3) is 4.74. The highest BCUT2D eigenvalue weighted by Gasteiger charge is 2.24. The Balaban J connectivity index is 2.25. The number of carbonyl (C=O) groups excluding carboxylic acids is 1. The molecule has 1 saturated heterocycles. The summed E-state index contributed by atoms with van der Waals surface area (Å²) in [7, 11) is -3.59. The van der Waals surface area contributed by atoms with E-state index in [1.54, 1.807) is 17.0 Å². The van der Waals surface area contributed by atoms with Crippen molar-refractivity contribution in [2.45, 2.75) is 42.9 Å². The predicted octanol–water partition coefficient (Wildman–Crippen LogP) is 2.97. The van der Waals surface area contributed by atoms with Crippen LogP contribution in [0.15, 0.2) is 28.0 Å². The van der Waals surface area contributed by atoms with Crippen molar-refractivity contribution < 1.29 is 13.2 Å². The fourth-order valence-electron chi connectivity index (χ4n) is 2.68. The molecule has 1 aliphatic rings. The van der Waals surface area contributed by atoms with Crippen LogP contribution in [0.2, 0.25) is 0 Å². The van der Waals surface area contributed by atoms with E-state index in [9.17, 15) is 13.2 Å². The number of carbonyl (C=O) groups is 1. The Morgan fingerprint density at radius 1 is 1.29 bits per heavy atom. The number of nitrogens with one attached hydrogen (secondary N) is 1. The number of nitrogens with zero attached hydrogens (tertiary/aromatic N) is 1. The van der Waals surface area contributed by atoms with Crippen LogP contribution in [0.25, 0.3) is 0 Å². The Kier molecular flexibility index (Phi) is 6.71. The van der Waals surface area contributed by atoms with Gasteiger partial charge in [-0.05, 0) is 49.6 Å². The molecule has 1 aliphatic heterocycles. The number of sulfonamides is 1. The van der Waals surface area contributed by atoms with Crippen molar-refractivity contribution in [3.05, 3.63) is 23.8 Å². The second-order valence-corrected chi connectivity index (χ2v) is 9.06. The van der Waals surface area contributed by atoms with Crippen LogP contribution in [0.4, 0.5) is 0 Å². The first kappa shape index (κ1) is 19.3. The summed E-state index contributed by atoms with van der Waals surface area (Å²) in [6, 6.07) is 4.82. The normalized spacial score (nSPS) is 15.2. The van der Waals surface area contributed by atoms with Crippen LogP contribution >= 0.6 is 11.8 Å². The minimum Gasteiger partial charge on any atom is -0.339 e. The second kappa shape index (κ2) is 8.36. The van der Waals surface area contributed by atoms with Gasteiger partial charge in [0.2, 0.25) is 10.0 Å². The van der Waals surface area contributed by atoms with Gasteiger partial charge in [-0.3, -0.25) is 4.79 Å². The fourth-order valence-corrected chi connectivity index (χ4v) is 4.32. The van der Waals surface area contributed by atoms with Crippen LogP contribution in [0, 0.1) is 5.92 Å². The van der Waals surface area contributed by atoms with Gasteiger partial charge in [0.25, 0.3) is 5.91 Å². The summed E-state index contributed by atoms with van der Waals surface area (Å²) >= 11 is 1.46. The average molecular weight is 371 g/mol. The predicted molar refractivity (Wildman–Crippen MR) is 98.0 cm³/mol. The third-order valence-corrected chi connectivity index (χ3v) is 6.37. The van der Waals surface area contributed by atoms with Crippen LogP contribution < -0.4 is 4.72 Å². The Morgan fingerprint density at radius 2 is 1.96 bits per heavy atom. The molecule has 0 radical (unpaired) electrons. The number of benzene rings is 1. The third-order valence-electron chi connectivity index (χ3n) is 4.12. The van der Waals surface area contributed by atoms with Crippen LogP contribution in [-0.4, -0.2) is 45.1 Å². The molecule has 1 fully saturated rings. The van der Waals surface area contributed by atoms with Gasteiger partial charge in [0.1, 0.15) is 0 Å². The summed E-state index contributed by atoms with van der Waals surface area (Å²) in [5.74, 6) is 0.356. The average Bonchev–Trinajstić information content (AvgIpc) is 3.07. The number of rotatable bonds is 7. The minimum atomic E-state index is -3.59. The summed E-state index contributed by atoms with van der Waals surface area (Å²) in [6.07, 6.45) is 4.69. The van der Waals surface area contributed by atoms with Crippen molar-refractivity contribution in [3.63, 3.8) is 0 Å². The van der Waals surface area contributed by atoms with Crippen molar-refractivity contribution >= 4 is 27.7 Å². The maximum atomic E-state index is 12.7. The molecule has 0 saturated carbocycles. The molecule has 134 valence electrons. The van der Waals surface area contributed by atoms with Gasteiger partial charge in [0.05, 0.1) is 10.5 Å². The largest absolute Gasteiger partial charge is 0.339 e. The van der Waals surface area contributed by atoms with Gasteiger partial charge in [-0.15, -0.1) is 11.8 Å². The molecule has 0 unspecified atom stereocenters. The van der Waals surface area contributed by atoms with Crippen molar-refractivity contribution in [1.29, 1.82) is 0 Å². The van der Waals surface area contributed by atoms with Crippen LogP contribution in [-0.2, 0) is 10.0 Å². The van der Waals surface area contributed by atoms with E-state index >= 15 is 0 Å². The van der Waals surface area contributed by atoms with Gasteiger partial charge in [-0.1, -0.05) is 13.8 Å². The first-order chi connectivity index (χ1) is 11.3. The lowest BCUT2D eigenvalue weighted by molar-refractivity contribution is 0.0789. The number of thioether (sulfide) groups is 1. The van der Waals surface area contributed by atoms with Gasteiger partial charge in [-0.2, -0.15) is 0 Å². The van der Waals surface area contributed by atoms with Gasteiger partial charge in [0.15, 0.2) is 0 Å². The zero-order chi connectivity index (χ0) is 17.7. The number of hydrogen-bond acceptors (Lipinski definition) is 4. The molecule has 7 heteroatoms. The maximum Gasteiger partial charge on any atom is 0.255 e. The Labute approximate surface area is 149 Å². The van der Waals surface area contributed by atoms with Crippen LogP contribution in [0.3, 0.4) is 0 Å². The summed E-state index contributed by atoms with van der Waals surface area (Å²) in [4.78, 5) is 15.5. The Morgan fingerprint density at radius 3 is 2.54 bits per heavy atom. The topological polar surface area (TPSA) is 66.5 Å². The molecule has 5 nitrogen and oxygen atoms in total. The highest BCUT2D eigenvalue weighted by Crippen LogP contribution is 2.26. The fraction of sp³-hybridized carbons (Fsp3) is 0.588. The first-order valence-corrected chi connectivity index (χ1v) is 11.0. The molecular formula is C17H26N2O3S2. The van der Waals surface area contributed by atoms with Crippen molar-refractivity contribution in [2.75, 3.05) is 25.9 Å². The van der Waals surface area contributed by atoms with Crippen LogP contribution in [0.1, 0.15) is 43.5 Å². The minimum absolute atomic E-state index is 0.0731. The molecule has 1 aromatic rings. The summed E-state index contributed by atoms with van der Waals surface area (Å²) in [5.41, 5.74) is 0.483. The van der Waals surface area contributed by atoms with Gasteiger partial charge < -0.3 is 4.90 Å². The van der Waals surface area contributed by atoms with Crippen molar-refractivity contribution in [3.8, 4) is 0 Å². The monoisotopic (exact) mass is 370 g/mol. The van der Waals surface area contributed by atoms with E-state index in [4.69, 9.17) is 0 Å². The number of likely N-dealkylation sites (tertiary alicyclic amines) is 1. The van der Waals surface area contributed by atoms with E-state index in [2.05, 4.69) is 4.72 Å². The molecule has 2 rings (SSSR count). The lowest BCUT2D eigenvalue weighted by Crippen LogP contribution is -2.29. The summed E-state index contributed by atoms with van der Waals surface area (Å²) in [6.45, 7) is 6.00. The zero-order valence-corrected chi connectivity index (χ0v) is 16.2. The quantitative estimate of drug-likeness (QED) is 0.750. The lowest BCUT2D eigenvalue weighted by Gasteiger charge is -2.18. The molecular weight excluding hydrogens is 344 g/mol. The van der Waals surface area contributed by atoms with E-state index < -0.39 is 10.0 Å². The Bertz CT molecular complexity index is 681. The first-order valence-electron chi connectivity index (χ1n) is 8.32. The standard InChI is InChI=1S/C17H26N2O3S2/c1-13(2)8-9-18-24(21,22)14-6-7-16(23-3)15(12-14)17(20)19-10-4-5-11-19/h6-7,12-13,18H,4-5,8-11H2,1-3H3. The van der Waals surface area contributed by atoms with Crippen molar-refractivity contribution in [1.82, 2.24) is 9.62 Å². The summed E-state index contributed by atoms with van der Waals surface area (Å²) < 4.78 is 27.6. The van der Waals surface area contributed by atoms with Gasteiger partial charge in [0, 0.05) is 24.5 Å². The molecule has 0 bridgehead atoms. The highest BCUT2D eigenvalue weighted by molar-refractivity contribution is 7.98. The molecule has 1 aromatic carbocycles. The van der Waals surface area contributed by atoms with Crippen LogP contribution in [0.5, 0.6) is 0 Å². The molecule has 1 amide bonds. The smallest absolute Gasteiger partial charge is 0.255 e. The molecule has 0 aromatic heterocycles. The van der Waals surface area contributed by atoms with E-state index in [0.29, 0.717) is 18.0 Å². The molecule has 24 heavy (non-hydrogen) atoms. The lowest BCUT2D eigenvalue weighted by atomic mass is 10.1.